The first-order chi connectivity index (χ1) is 8.08. The predicted molar refractivity (Wildman–Crippen MR) is 67.7 cm³/mol. The van der Waals surface area contributed by atoms with Crippen molar-refractivity contribution < 1.29 is 4.92 Å². The summed E-state index contributed by atoms with van der Waals surface area (Å²) in [5.74, 6) is 0. The molecule has 0 fully saturated rings. The zero-order valence-corrected chi connectivity index (χ0v) is 9.38. The number of nitrogens with zero attached hydrogens (tertiary/aromatic N) is 1. The molecule has 0 saturated heterocycles. The molecule has 4 heteroatoms. The van der Waals surface area contributed by atoms with Gasteiger partial charge < -0.3 is 5.73 Å². The van der Waals surface area contributed by atoms with Gasteiger partial charge in [-0.15, -0.1) is 0 Å². The maximum atomic E-state index is 10.6. The SMILES string of the molecule is Cc1ccc(-c2ccc([N+](=O)[O-])c(N)c2)cc1. The Balaban J connectivity index is 2.44. The van der Waals surface area contributed by atoms with E-state index in [1.165, 1.54) is 11.6 Å². The van der Waals surface area contributed by atoms with E-state index in [1.54, 1.807) is 12.1 Å². The van der Waals surface area contributed by atoms with Crippen LogP contribution in [0.25, 0.3) is 11.1 Å². The summed E-state index contributed by atoms with van der Waals surface area (Å²) in [6.07, 6.45) is 0. The first-order valence-corrected chi connectivity index (χ1v) is 5.19. The molecule has 0 aliphatic carbocycles. The van der Waals surface area contributed by atoms with Crippen LogP contribution in [0.4, 0.5) is 11.4 Å². The fourth-order valence-corrected chi connectivity index (χ4v) is 1.65. The summed E-state index contributed by atoms with van der Waals surface area (Å²) in [6, 6.07) is 12.7. The fourth-order valence-electron chi connectivity index (χ4n) is 1.65. The molecule has 0 aromatic heterocycles. The molecular formula is C13H12N2O2. The highest BCUT2D eigenvalue weighted by molar-refractivity contribution is 5.72. The first kappa shape index (κ1) is 11.1. The largest absolute Gasteiger partial charge is 0.393 e. The van der Waals surface area contributed by atoms with Crippen LogP contribution in [-0.4, -0.2) is 4.92 Å². The van der Waals surface area contributed by atoms with Crippen LogP contribution in [0.1, 0.15) is 5.56 Å². The maximum absolute atomic E-state index is 10.6. The summed E-state index contributed by atoms with van der Waals surface area (Å²) in [6.45, 7) is 2.01. The lowest BCUT2D eigenvalue weighted by molar-refractivity contribution is -0.383. The van der Waals surface area contributed by atoms with Gasteiger partial charge >= 0.3 is 0 Å². The number of hydrogen-bond acceptors (Lipinski definition) is 3. The van der Waals surface area contributed by atoms with Crippen LogP contribution in [-0.2, 0) is 0 Å². The third-order valence-corrected chi connectivity index (χ3v) is 2.61. The number of aryl methyl sites for hydroxylation is 1. The molecule has 2 N–H and O–H groups in total. The van der Waals surface area contributed by atoms with E-state index in [2.05, 4.69) is 0 Å². The fraction of sp³-hybridized carbons (Fsp3) is 0.0769. The molecule has 0 saturated carbocycles. The van der Waals surface area contributed by atoms with E-state index in [-0.39, 0.29) is 11.4 Å². The number of nitrogen functional groups attached to an aromatic ring is 1. The van der Waals surface area contributed by atoms with Crippen molar-refractivity contribution in [2.24, 2.45) is 0 Å². The van der Waals surface area contributed by atoms with Crippen molar-refractivity contribution in [2.45, 2.75) is 6.92 Å². The van der Waals surface area contributed by atoms with Gasteiger partial charge in [0.25, 0.3) is 5.69 Å². The molecule has 0 amide bonds. The summed E-state index contributed by atoms with van der Waals surface area (Å²) < 4.78 is 0. The Morgan fingerprint density at radius 3 is 2.18 bits per heavy atom. The summed E-state index contributed by atoms with van der Waals surface area (Å²) in [4.78, 5) is 10.2. The van der Waals surface area contributed by atoms with E-state index >= 15 is 0 Å². The molecule has 4 nitrogen and oxygen atoms in total. The Morgan fingerprint density at radius 2 is 1.65 bits per heavy atom. The normalized spacial score (nSPS) is 10.2. The third kappa shape index (κ3) is 2.25. The Morgan fingerprint density at radius 1 is 1.06 bits per heavy atom. The molecule has 0 radical (unpaired) electrons. The smallest absolute Gasteiger partial charge is 0.292 e. The topological polar surface area (TPSA) is 69.2 Å². The molecule has 2 aromatic carbocycles. The Labute approximate surface area is 98.8 Å². The third-order valence-electron chi connectivity index (χ3n) is 2.61. The van der Waals surface area contributed by atoms with Crippen LogP contribution >= 0.6 is 0 Å². The summed E-state index contributed by atoms with van der Waals surface area (Å²) in [5, 5.41) is 10.6. The zero-order valence-electron chi connectivity index (χ0n) is 9.38. The van der Waals surface area contributed by atoms with Gasteiger partial charge in [0, 0.05) is 6.07 Å². The average Bonchev–Trinajstić information content (AvgIpc) is 2.29. The molecule has 0 atom stereocenters. The van der Waals surface area contributed by atoms with Crippen molar-refractivity contribution in [1.82, 2.24) is 0 Å². The van der Waals surface area contributed by atoms with E-state index in [0.717, 1.165) is 11.1 Å². The lowest BCUT2D eigenvalue weighted by Gasteiger charge is -2.04. The molecule has 0 bridgehead atoms. The quantitative estimate of drug-likeness (QED) is 0.487. The predicted octanol–water partition coefficient (Wildman–Crippen LogP) is 3.15. The molecule has 86 valence electrons. The van der Waals surface area contributed by atoms with Gasteiger partial charge in [-0.1, -0.05) is 29.8 Å². The van der Waals surface area contributed by atoms with Crippen LogP contribution in [0.15, 0.2) is 42.5 Å². The Kier molecular flexibility index (Phi) is 2.78. The lowest BCUT2D eigenvalue weighted by Crippen LogP contribution is -1.95. The highest BCUT2D eigenvalue weighted by Gasteiger charge is 2.11. The highest BCUT2D eigenvalue weighted by Crippen LogP contribution is 2.28. The van der Waals surface area contributed by atoms with Crippen molar-refractivity contribution in [3.63, 3.8) is 0 Å². The summed E-state index contributed by atoms with van der Waals surface area (Å²) in [7, 11) is 0. The zero-order chi connectivity index (χ0) is 12.4. The van der Waals surface area contributed by atoms with Crippen LogP contribution in [0.3, 0.4) is 0 Å². The van der Waals surface area contributed by atoms with Gasteiger partial charge in [0.1, 0.15) is 5.69 Å². The van der Waals surface area contributed by atoms with E-state index in [4.69, 9.17) is 5.73 Å². The van der Waals surface area contributed by atoms with Gasteiger partial charge in [-0.05, 0) is 30.2 Å². The van der Waals surface area contributed by atoms with Gasteiger partial charge in [-0.2, -0.15) is 0 Å². The second-order valence-electron chi connectivity index (χ2n) is 3.90. The summed E-state index contributed by atoms with van der Waals surface area (Å²) >= 11 is 0. The first-order valence-electron chi connectivity index (χ1n) is 5.19. The number of anilines is 1. The molecular weight excluding hydrogens is 216 g/mol. The van der Waals surface area contributed by atoms with Crippen molar-refractivity contribution in [3.8, 4) is 11.1 Å². The van der Waals surface area contributed by atoms with Crippen molar-refractivity contribution in [1.29, 1.82) is 0 Å². The molecule has 0 aliphatic rings. The molecule has 17 heavy (non-hydrogen) atoms. The molecule has 0 aliphatic heterocycles. The van der Waals surface area contributed by atoms with Crippen LogP contribution < -0.4 is 5.73 Å². The molecule has 0 heterocycles. The van der Waals surface area contributed by atoms with Crippen molar-refractivity contribution in [2.75, 3.05) is 5.73 Å². The minimum Gasteiger partial charge on any atom is -0.393 e. The van der Waals surface area contributed by atoms with Crippen LogP contribution in [0.2, 0.25) is 0 Å². The van der Waals surface area contributed by atoms with Crippen LogP contribution in [0, 0.1) is 17.0 Å². The van der Waals surface area contributed by atoms with E-state index in [0.29, 0.717) is 0 Å². The minimum absolute atomic E-state index is 0.0548. The highest BCUT2D eigenvalue weighted by atomic mass is 16.6. The molecule has 0 unspecified atom stereocenters. The van der Waals surface area contributed by atoms with Gasteiger partial charge in [0.2, 0.25) is 0 Å². The second kappa shape index (κ2) is 4.25. The van der Waals surface area contributed by atoms with Crippen LogP contribution in [0.5, 0.6) is 0 Å². The number of benzene rings is 2. The standard InChI is InChI=1S/C13H12N2O2/c1-9-2-4-10(5-3-9)11-6-7-13(15(16)17)12(14)8-11/h2-8H,14H2,1H3. The second-order valence-corrected chi connectivity index (χ2v) is 3.90. The average molecular weight is 228 g/mol. The Bertz CT molecular complexity index is 562. The molecule has 0 spiro atoms. The number of nitrogens with two attached hydrogens (primary N) is 1. The summed E-state index contributed by atoms with van der Waals surface area (Å²) in [5.41, 5.74) is 8.83. The van der Waals surface area contributed by atoms with Crippen molar-refractivity contribution in [3.05, 3.63) is 58.1 Å². The van der Waals surface area contributed by atoms with Gasteiger partial charge in [0.15, 0.2) is 0 Å². The van der Waals surface area contributed by atoms with E-state index < -0.39 is 4.92 Å². The maximum Gasteiger partial charge on any atom is 0.292 e. The number of rotatable bonds is 2. The van der Waals surface area contributed by atoms with Crippen molar-refractivity contribution >= 4 is 11.4 Å². The van der Waals surface area contributed by atoms with E-state index in [1.807, 2.05) is 31.2 Å². The number of nitro groups is 1. The monoisotopic (exact) mass is 228 g/mol. The van der Waals surface area contributed by atoms with Gasteiger partial charge in [-0.3, -0.25) is 10.1 Å². The lowest BCUT2D eigenvalue weighted by atomic mass is 10.0. The molecule has 2 rings (SSSR count). The number of hydrogen-bond donors (Lipinski definition) is 1. The number of nitro benzene ring substituents is 1. The van der Waals surface area contributed by atoms with E-state index in [9.17, 15) is 10.1 Å². The Hall–Kier alpha value is -2.36. The molecule has 2 aromatic rings. The van der Waals surface area contributed by atoms with Gasteiger partial charge in [-0.25, -0.2) is 0 Å². The minimum atomic E-state index is -0.478. The van der Waals surface area contributed by atoms with Gasteiger partial charge in [0.05, 0.1) is 4.92 Å².